The second-order valence-corrected chi connectivity index (χ2v) is 5.09. The number of fused-ring (bicyclic) bond motifs is 1. The van der Waals surface area contributed by atoms with Crippen molar-refractivity contribution in [2.24, 2.45) is 5.92 Å². The summed E-state index contributed by atoms with van der Waals surface area (Å²) >= 11 is 0. The highest BCUT2D eigenvalue weighted by molar-refractivity contribution is 5.60. The molecule has 1 saturated heterocycles. The van der Waals surface area contributed by atoms with E-state index in [2.05, 4.69) is 17.6 Å². The van der Waals surface area contributed by atoms with Crippen molar-refractivity contribution in [1.82, 2.24) is 5.32 Å². The van der Waals surface area contributed by atoms with Gasteiger partial charge in [-0.3, -0.25) is 0 Å². The molecule has 2 N–H and O–H groups in total. The van der Waals surface area contributed by atoms with Crippen molar-refractivity contribution in [3.63, 3.8) is 0 Å². The molecule has 1 unspecified atom stereocenters. The van der Waals surface area contributed by atoms with Crippen molar-refractivity contribution in [2.75, 3.05) is 31.7 Å². The van der Waals surface area contributed by atoms with Gasteiger partial charge in [-0.15, -0.1) is 0 Å². The van der Waals surface area contributed by atoms with Gasteiger partial charge in [0.15, 0.2) is 11.5 Å². The second-order valence-electron chi connectivity index (χ2n) is 5.09. The molecule has 1 fully saturated rings. The van der Waals surface area contributed by atoms with E-state index in [4.69, 9.17) is 9.47 Å². The van der Waals surface area contributed by atoms with Crippen LogP contribution in [0.5, 0.6) is 11.5 Å². The van der Waals surface area contributed by atoms with Crippen molar-refractivity contribution in [3.05, 3.63) is 17.7 Å². The molecule has 0 spiro atoms. The molecule has 0 aliphatic carbocycles. The van der Waals surface area contributed by atoms with Crippen LogP contribution < -0.4 is 20.1 Å². The summed E-state index contributed by atoms with van der Waals surface area (Å²) in [5, 5.41) is 6.91. The van der Waals surface area contributed by atoms with Gasteiger partial charge >= 0.3 is 0 Å². The molecule has 0 saturated carbocycles. The van der Waals surface area contributed by atoms with E-state index in [0.717, 1.165) is 29.6 Å². The van der Waals surface area contributed by atoms with Crippen molar-refractivity contribution in [3.8, 4) is 11.5 Å². The second kappa shape index (κ2) is 5.06. The fraction of sp³-hybridized carbons (Fsp3) is 0.571. The Morgan fingerprint density at radius 3 is 2.94 bits per heavy atom. The van der Waals surface area contributed by atoms with Gasteiger partial charge in [-0.25, -0.2) is 0 Å². The minimum absolute atomic E-state index is 0.339. The van der Waals surface area contributed by atoms with Gasteiger partial charge in [-0.2, -0.15) is 0 Å². The predicted molar refractivity (Wildman–Crippen MR) is 71.4 cm³/mol. The topological polar surface area (TPSA) is 42.5 Å². The SMILES string of the molecule is Cc1cc2c(cc1NCCC1CCNC1)OCO2. The Hall–Kier alpha value is -1.42. The molecule has 2 aliphatic heterocycles. The molecule has 1 aromatic carbocycles. The molecular formula is C14H20N2O2. The quantitative estimate of drug-likeness (QED) is 0.856. The molecule has 98 valence electrons. The van der Waals surface area contributed by atoms with Crippen LogP contribution in [-0.2, 0) is 0 Å². The van der Waals surface area contributed by atoms with E-state index in [1.54, 1.807) is 0 Å². The molecule has 0 amide bonds. The van der Waals surface area contributed by atoms with Crippen LogP contribution >= 0.6 is 0 Å². The highest BCUT2D eigenvalue weighted by Gasteiger charge is 2.16. The summed E-state index contributed by atoms with van der Waals surface area (Å²) in [6.07, 6.45) is 2.53. The van der Waals surface area contributed by atoms with Crippen LogP contribution in [0.25, 0.3) is 0 Å². The van der Waals surface area contributed by atoms with Crippen molar-refractivity contribution < 1.29 is 9.47 Å². The van der Waals surface area contributed by atoms with Crippen molar-refractivity contribution >= 4 is 5.69 Å². The lowest BCUT2D eigenvalue weighted by molar-refractivity contribution is 0.174. The summed E-state index contributed by atoms with van der Waals surface area (Å²) < 4.78 is 10.8. The first kappa shape index (κ1) is 11.7. The lowest BCUT2D eigenvalue weighted by Crippen LogP contribution is -2.13. The average Bonchev–Trinajstić information content (AvgIpc) is 3.00. The minimum atomic E-state index is 0.339. The van der Waals surface area contributed by atoms with Crippen LogP contribution in [0, 0.1) is 12.8 Å². The zero-order valence-electron chi connectivity index (χ0n) is 10.8. The lowest BCUT2D eigenvalue weighted by atomic mass is 10.1. The normalized spacial score (nSPS) is 21.3. The molecule has 0 radical (unpaired) electrons. The number of benzene rings is 1. The molecule has 4 nitrogen and oxygen atoms in total. The molecule has 3 rings (SSSR count). The van der Waals surface area contributed by atoms with Crippen LogP contribution in [0.2, 0.25) is 0 Å². The molecule has 1 aromatic rings. The molecule has 18 heavy (non-hydrogen) atoms. The minimum Gasteiger partial charge on any atom is -0.454 e. The van der Waals surface area contributed by atoms with Gasteiger partial charge in [0.2, 0.25) is 6.79 Å². The summed E-state index contributed by atoms with van der Waals surface area (Å²) in [6.45, 7) is 5.80. The molecule has 1 atom stereocenters. The van der Waals surface area contributed by atoms with Crippen LogP contribution in [0.1, 0.15) is 18.4 Å². The molecule has 4 heteroatoms. The molecule has 0 aromatic heterocycles. The third kappa shape index (κ3) is 2.38. The fourth-order valence-electron chi connectivity index (χ4n) is 2.61. The van der Waals surface area contributed by atoms with Gasteiger partial charge in [0.05, 0.1) is 0 Å². The smallest absolute Gasteiger partial charge is 0.231 e. The average molecular weight is 248 g/mol. The number of rotatable bonds is 4. The number of ether oxygens (including phenoxy) is 2. The van der Waals surface area contributed by atoms with Crippen LogP contribution in [-0.4, -0.2) is 26.4 Å². The Morgan fingerprint density at radius 2 is 2.17 bits per heavy atom. The maximum atomic E-state index is 5.40. The summed E-state index contributed by atoms with van der Waals surface area (Å²) in [7, 11) is 0. The summed E-state index contributed by atoms with van der Waals surface area (Å²) in [4.78, 5) is 0. The van der Waals surface area contributed by atoms with Crippen molar-refractivity contribution in [1.29, 1.82) is 0 Å². The van der Waals surface area contributed by atoms with Crippen LogP contribution in [0.4, 0.5) is 5.69 Å². The number of hydrogen-bond donors (Lipinski definition) is 2. The van der Waals surface area contributed by atoms with E-state index in [-0.39, 0.29) is 0 Å². The zero-order chi connectivity index (χ0) is 12.4. The number of nitrogens with one attached hydrogen (secondary N) is 2. The predicted octanol–water partition coefficient (Wildman–Crippen LogP) is 2.14. The molecule has 2 heterocycles. The standard InChI is InChI=1S/C14H20N2O2/c1-10-6-13-14(18-9-17-13)7-12(10)16-5-3-11-2-4-15-8-11/h6-7,11,15-16H,2-5,8-9H2,1H3. The van der Waals surface area contributed by atoms with Crippen molar-refractivity contribution in [2.45, 2.75) is 19.8 Å². The van der Waals surface area contributed by atoms with Crippen LogP contribution in [0.15, 0.2) is 12.1 Å². The fourth-order valence-corrected chi connectivity index (χ4v) is 2.61. The zero-order valence-corrected chi connectivity index (χ0v) is 10.8. The van der Waals surface area contributed by atoms with E-state index in [1.807, 2.05) is 12.1 Å². The van der Waals surface area contributed by atoms with E-state index in [0.29, 0.717) is 6.79 Å². The summed E-state index contributed by atoms with van der Waals surface area (Å²) in [5.41, 5.74) is 2.37. The van der Waals surface area contributed by atoms with E-state index >= 15 is 0 Å². The Kier molecular flexibility index (Phi) is 3.28. The van der Waals surface area contributed by atoms with Gasteiger partial charge in [0, 0.05) is 18.3 Å². The largest absolute Gasteiger partial charge is 0.454 e. The monoisotopic (exact) mass is 248 g/mol. The maximum absolute atomic E-state index is 5.40. The Labute approximate surface area is 108 Å². The third-order valence-corrected chi connectivity index (χ3v) is 3.75. The van der Waals surface area contributed by atoms with Gasteiger partial charge in [0.1, 0.15) is 0 Å². The highest BCUT2D eigenvalue weighted by Crippen LogP contribution is 2.36. The van der Waals surface area contributed by atoms with E-state index in [9.17, 15) is 0 Å². The number of anilines is 1. The molecule has 0 bridgehead atoms. The summed E-state index contributed by atoms with van der Waals surface area (Å²) in [6, 6.07) is 4.09. The lowest BCUT2D eigenvalue weighted by Gasteiger charge is -2.13. The van der Waals surface area contributed by atoms with Gasteiger partial charge < -0.3 is 20.1 Å². The Bertz CT molecular complexity index is 428. The highest BCUT2D eigenvalue weighted by atomic mass is 16.7. The van der Waals surface area contributed by atoms with E-state index in [1.165, 1.54) is 31.5 Å². The molecular weight excluding hydrogens is 228 g/mol. The number of hydrogen-bond acceptors (Lipinski definition) is 4. The first-order chi connectivity index (χ1) is 8.83. The Balaban J connectivity index is 1.58. The first-order valence-corrected chi connectivity index (χ1v) is 6.68. The first-order valence-electron chi connectivity index (χ1n) is 6.68. The number of aryl methyl sites for hydroxylation is 1. The third-order valence-electron chi connectivity index (χ3n) is 3.75. The van der Waals surface area contributed by atoms with Gasteiger partial charge in [-0.05, 0) is 50.4 Å². The summed E-state index contributed by atoms with van der Waals surface area (Å²) in [5.74, 6) is 2.54. The van der Waals surface area contributed by atoms with Crippen LogP contribution in [0.3, 0.4) is 0 Å². The Morgan fingerprint density at radius 1 is 1.33 bits per heavy atom. The van der Waals surface area contributed by atoms with E-state index < -0.39 is 0 Å². The maximum Gasteiger partial charge on any atom is 0.231 e. The molecule has 2 aliphatic rings. The van der Waals surface area contributed by atoms with Gasteiger partial charge in [-0.1, -0.05) is 0 Å². The van der Waals surface area contributed by atoms with Gasteiger partial charge in [0.25, 0.3) is 0 Å².